The maximum Gasteiger partial charge on any atom is 0.264 e. The summed E-state index contributed by atoms with van der Waals surface area (Å²) in [5.41, 5.74) is 2.18. The maximum atomic E-state index is 14.1. The van der Waals surface area contributed by atoms with Crippen molar-refractivity contribution in [3.8, 4) is 5.75 Å². The Bertz CT molecular complexity index is 1440. The second kappa shape index (κ2) is 14.4. The van der Waals surface area contributed by atoms with Gasteiger partial charge in [-0.15, -0.1) is 0 Å². The van der Waals surface area contributed by atoms with E-state index >= 15 is 0 Å². The monoisotopic (exact) mass is 591 g/mol. The van der Waals surface area contributed by atoms with E-state index in [1.807, 2.05) is 37.3 Å². The zero-order valence-electron chi connectivity index (χ0n) is 24.7. The molecule has 1 N–H and O–H groups in total. The Labute approximate surface area is 249 Å². The minimum Gasteiger partial charge on any atom is -0.495 e. The lowest BCUT2D eigenvalue weighted by Crippen LogP contribution is -2.53. The number of para-hydroxylation sites is 2. The summed E-state index contributed by atoms with van der Waals surface area (Å²) in [4.78, 5) is 29.1. The molecule has 2 amide bonds. The van der Waals surface area contributed by atoms with E-state index in [4.69, 9.17) is 4.74 Å². The summed E-state index contributed by atoms with van der Waals surface area (Å²) in [5.74, 6) is -0.382. The number of methoxy groups -OCH3 is 1. The number of hydrogen-bond acceptors (Lipinski definition) is 5. The third kappa shape index (κ3) is 7.70. The molecule has 4 rings (SSSR count). The molecule has 0 heterocycles. The third-order valence-corrected chi connectivity index (χ3v) is 9.62. The van der Waals surface area contributed by atoms with Crippen molar-refractivity contribution < 1.29 is 22.7 Å². The topological polar surface area (TPSA) is 96.0 Å². The lowest BCUT2D eigenvalue weighted by atomic mass is 9.95. The molecule has 0 bridgehead atoms. The molecule has 0 radical (unpaired) electrons. The Morgan fingerprint density at radius 3 is 2.24 bits per heavy atom. The van der Waals surface area contributed by atoms with Crippen LogP contribution in [-0.4, -0.2) is 57.4 Å². The fourth-order valence-corrected chi connectivity index (χ4v) is 6.75. The van der Waals surface area contributed by atoms with Crippen LogP contribution < -0.4 is 14.4 Å². The summed E-state index contributed by atoms with van der Waals surface area (Å²) in [6, 6.07) is 22.2. The zero-order chi connectivity index (χ0) is 30.1. The maximum absolute atomic E-state index is 14.1. The van der Waals surface area contributed by atoms with Crippen LogP contribution in [0.15, 0.2) is 83.8 Å². The molecular weight excluding hydrogens is 550 g/mol. The first kappa shape index (κ1) is 31.1. The number of ether oxygens (including phenoxy) is 1. The van der Waals surface area contributed by atoms with Crippen LogP contribution in [0.3, 0.4) is 0 Å². The quantitative estimate of drug-likeness (QED) is 0.316. The average molecular weight is 592 g/mol. The number of benzene rings is 3. The fourth-order valence-electron chi connectivity index (χ4n) is 5.33. The van der Waals surface area contributed by atoms with Crippen LogP contribution in [0.1, 0.15) is 50.2 Å². The Morgan fingerprint density at radius 2 is 1.57 bits per heavy atom. The number of carbonyl (C=O) groups is 2. The number of rotatable bonds is 12. The van der Waals surface area contributed by atoms with Crippen molar-refractivity contribution in [3.05, 3.63) is 90.0 Å². The Balaban J connectivity index is 1.66. The molecule has 1 saturated carbocycles. The van der Waals surface area contributed by atoms with E-state index in [1.54, 1.807) is 43.3 Å². The van der Waals surface area contributed by atoms with Gasteiger partial charge in [0.1, 0.15) is 18.3 Å². The summed E-state index contributed by atoms with van der Waals surface area (Å²) in [7, 11) is -2.70. The molecule has 8 nitrogen and oxygen atoms in total. The summed E-state index contributed by atoms with van der Waals surface area (Å²) in [6.45, 7) is 3.35. The van der Waals surface area contributed by atoms with Crippen molar-refractivity contribution >= 4 is 27.5 Å². The molecule has 3 aromatic rings. The first-order chi connectivity index (χ1) is 20.2. The Kier molecular flexibility index (Phi) is 10.6. The second-order valence-electron chi connectivity index (χ2n) is 10.8. The van der Waals surface area contributed by atoms with E-state index in [0.717, 1.165) is 47.5 Å². The number of aryl methyl sites for hydroxylation is 1. The van der Waals surface area contributed by atoms with Crippen LogP contribution in [0.2, 0.25) is 0 Å². The molecule has 9 heteroatoms. The van der Waals surface area contributed by atoms with Crippen molar-refractivity contribution in [1.29, 1.82) is 0 Å². The molecule has 42 heavy (non-hydrogen) atoms. The highest BCUT2D eigenvalue weighted by atomic mass is 32.2. The number of sulfonamides is 1. The number of nitrogens with zero attached hydrogens (tertiary/aromatic N) is 2. The normalized spacial score (nSPS) is 14.5. The van der Waals surface area contributed by atoms with Gasteiger partial charge in [-0.3, -0.25) is 13.9 Å². The van der Waals surface area contributed by atoms with Gasteiger partial charge in [0.2, 0.25) is 11.8 Å². The van der Waals surface area contributed by atoms with Gasteiger partial charge in [0, 0.05) is 12.6 Å². The highest BCUT2D eigenvalue weighted by Crippen LogP contribution is 2.32. The molecule has 3 aromatic carbocycles. The standard InChI is InChI=1S/C33H41N3O5S/c1-25-18-20-29(21-19-25)42(39,40)36(30-16-10-11-17-31(30)41-3)24-32(37)35(23-22-27-12-6-4-7-13-27)26(2)33(38)34-28-14-8-5-9-15-28/h4,6-7,10-13,16-21,26,28H,5,8-9,14-15,22-24H2,1-3H3,(H,34,38)/t26-/m0/s1. The average Bonchev–Trinajstić information content (AvgIpc) is 3.01. The predicted octanol–water partition coefficient (Wildman–Crippen LogP) is 5.11. The van der Waals surface area contributed by atoms with E-state index in [-0.39, 0.29) is 29.1 Å². The van der Waals surface area contributed by atoms with Gasteiger partial charge < -0.3 is 15.0 Å². The van der Waals surface area contributed by atoms with E-state index in [0.29, 0.717) is 12.2 Å². The molecule has 1 aliphatic carbocycles. The molecule has 1 fully saturated rings. The van der Waals surface area contributed by atoms with Crippen molar-refractivity contribution in [2.24, 2.45) is 0 Å². The molecule has 0 aliphatic heterocycles. The fraction of sp³-hybridized carbons (Fsp3) is 0.394. The van der Waals surface area contributed by atoms with Gasteiger partial charge in [-0.2, -0.15) is 0 Å². The highest BCUT2D eigenvalue weighted by molar-refractivity contribution is 7.92. The van der Waals surface area contributed by atoms with Crippen LogP contribution in [-0.2, 0) is 26.0 Å². The summed E-state index contributed by atoms with van der Waals surface area (Å²) < 4.78 is 34.7. The number of amides is 2. The van der Waals surface area contributed by atoms with Gasteiger partial charge in [0.05, 0.1) is 17.7 Å². The minimum atomic E-state index is -4.16. The van der Waals surface area contributed by atoms with Crippen LogP contribution in [0.4, 0.5) is 5.69 Å². The number of carbonyl (C=O) groups excluding carboxylic acids is 2. The van der Waals surface area contributed by atoms with Gasteiger partial charge in [-0.25, -0.2) is 8.42 Å². The van der Waals surface area contributed by atoms with Crippen LogP contribution in [0.5, 0.6) is 5.75 Å². The molecule has 224 valence electrons. The Hall–Kier alpha value is -3.85. The van der Waals surface area contributed by atoms with E-state index in [2.05, 4.69) is 5.32 Å². The molecule has 1 aliphatic rings. The summed E-state index contributed by atoms with van der Waals surface area (Å²) in [5, 5.41) is 3.13. The summed E-state index contributed by atoms with van der Waals surface area (Å²) >= 11 is 0. The first-order valence-corrected chi connectivity index (χ1v) is 16.0. The molecule has 0 unspecified atom stereocenters. The van der Waals surface area contributed by atoms with Crippen molar-refractivity contribution in [1.82, 2.24) is 10.2 Å². The van der Waals surface area contributed by atoms with E-state index < -0.39 is 28.5 Å². The van der Waals surface area contributed by atoms with Crippen molar-refractivity contribution in [2.45, 2.75) is 69.4 Å². The molecule has 0 spiro atoms. The van der Waals surface area contributed by atoms with E-state index in [9.17, 15) is 18.0 Å². The molecular formula is C33H41N3O5S. The number of nitrogens with one attached hydrogen (secondary N) is 1. The molecule has 1 atom stereocenters. The third-order valence-electron chi connectivity index (χ3n) is 7.84. The summed E-state index contributed by atoms with van der Waals surface area (Å²) in [6.07, 6.45) is 5.67. The van der Waals surface area contributed by atoms with Gasteiger partial charge in [0.25, 0.3) is 10.0 Å². The second-order valence-corrected chi connectivity index (χ2v) is 12.7. The van der Waals surface area contributed by atoms with Crippen LogP contribution in [0, 0.1) is 6.92 Å². The van der Waals surface area contributed by atoms with Gasteiger partial charge >= 0.3 is 0 Å². The minimum absolute atomic E-state index is 0.0609. The lowest BCUT2D eigenvalue weighted by Gasteiger charge is -2.33. The van der Waals surface area contributed by atoms with Crippen LogP contribution in [0.25, 0.3) is 0 Å². The largest absolute Gasteiger partial charge is 0.495 e. The van der Waals surface area contributed by atoms with Crippen LogP contribution >= 0.6 is 0 Å². The number of hydrogen-bond donors (Lipinski definition) is 1. The number of anilines is 1. The van der Waals surface area contributed by atoms with E-state index in [1.165, 1.54) is 24.1 Å². The van der Waals surface area contributed by atoms with Gasteiger partial charge in [-0.1, -0.05) is 79.4 Å². The first-order valence-electron chi connectivity index (χ1n) is 14.6. The zero-order valence-corrected chi connectivity index (χ0v) is 25.5. The smallest absolute Gasteiger partial charge is 0.264 e. The SMILES string of the molecule is COc1ccccc1N(CC(=O)N(CCc1ccccc1)[C@@H](C)C(=O)NC1CCCCC1)S(=O)(=O)c1ccc(C)cc1. The molecule has 0 saturated heterocycles. The lowest BCUT2D eigenvalue weighted by molar-refractivity contribution is -0.139. The van der Waals surface area contributed by atoms with Crippen molar-refractivity contribution in [3.63, 3.8) is 0 Å². The Morgan fingerprint density at radius 1 is 0.929 bits per heavy atom. The predicted molar refractivity (Wildman–Crippen MR) is 165 cm³/mol. The highest BCUT2D eigenvalue weighted by Gasteiger charge is 2.34. The van der Waals surface area contributed by atoms with Gasteiger partial charge in [-0.05, 0) is 62.9 Å². The van der Waals surface area contributed by atoms with Crippen molar-refractivity contribution in [2.75, 3.05) is 24.5 Å². The van der Waals surface area contributed by atoms with Gasteiger partial charge in [0.15, 0.2) is 0 Å². The molecule has 0 aromatic heterocycles.